The number of hydrogen-bond donors (Lipinski definition) is 1. The molecule has 2 rings (SSSR count). The van der Waals surface area contributed by atoms with E-state index in [1.807, 2.05) is 19.9 Å². The SMILES string of the molecule is Cc1ccc(S(=O)(=O)NC2CC(C)CC(C)(C)C2)cc1C. The Bertz CT molecular complexity index is 620. The molecule has 21 heavy (non-hydrogen) atoms. The Kier molecular flexibility index (Phi) is 4.50. The lowest BCUT2D eigenvalue weighted by Crippen LogP contribution is -2.42. The first kappa shape index (κ1) is 16.5. The van der Waals surface area contributed by atoms with Gasteiger partial charge < -0.3 is 0 Å². The van der Waals surface area contributed by atoms with Crippen molar-refractivity contribution in [3.63, 3.8) is 0 Å². The first-order valence-corrected chi connectivity index (χ1v) is 9.17. The molecule has 2 unspecified atom stereocenters. The number of sulfonamides is 1. The molecule has 1 aliphatic rings. The average Bonchev–Trinajstić information content (AvgIpc) is 2.28. The predicted octanol–water partition coefficient (Wildman–Crippen LogP) is 3.80. The Balaban J connectivity index is 2.19. The Morgan fingerprint density at radius 1 is 1.14 bits per heavy atom. The number of benzene rings is 1. The molecular formula is C17H27NO2S. The van der Waals surface area contributed by atoms with Gasteiger partial charge in [-0.3, -0.25) is 0 Å². The van der Waals surface area contributed by atoms with Crippen molar-refractivity contribution >= 4 is 10.0 Å². The summed E-state index contributed by atoms with van der Waals surface area (Å²) < 4.78 is 28.1. The molecule has 1 aromatic carbocycles. The Morgan fingerprint density at radius 2 is 1.81 bits per heavy atom. The topological polar surface area (TPSA) is 46.2 Å². The zero-order valence-corrected chi connectivity index (χ0v) is 14.5. The standard InChI is InChI=1S/C17H27NO2S/c1-12-8-15(11-17(4,5)10-12)18-21(19,20)16-7-6-13(2)14(3)9-16/h6-7,9,12,15,18H,8,10-11H2,1-5H3. The second kappa shape index (κ2) is 5.73. The lowest BCUT2D eigenvalue weighted by molar-refractivity contribution is 0.163. The molecule has 0 aliphatic heterocycles. The van der Waals surface area contributed by atoms with Gasteiger partial charge in [-0.15, -0.1) is 0 Å². The van der Waals surface area contributed by atoms with Crippen molar-refractivity contribution in [2.75, 3.05) is 0 Å². The van der Waals surface area contributed by atoms with Crippen LogP contribution in [0.1, 0.15) is 51.2 Å². The van der Waals surface area contributed by atoms with E-state index in [1.165, 1.54) is 0 Å². The quantitative estimate of drug-likeness (QED) is 0.923. The van der Waals surface area contributed by atoms with Crippen molar-refractivity contribution in [2.24, 2.45) is 11.3 Å². The molecular weight excluding hydrogens is 282 g/mol. The van der Waals surface area contributed by atoms with Gasteiger partial charge in [-0.25, -0.2) is 13.1 Å². The molecule has 0 radical (unpaired) electrons. The van der Waals surface area contributed by atoms with Crippen LogP contribution in [-0.4, -0.2) is 14.5 Å². The highest BCUT2D eigenvalue weighted by atomic mass is 32.2. The van der Waals surface area contributed by atoms with Crippen LogP contribution in [0.15, 0.2) is 23.1 Å². The maximum Gasteiger partial charge on any atom is 0.240 e. The summed E-state index contributed by atoms with van der Waals surface area (Å²) in [5.41, 5.74) is 2.32. The van der Waals surface area contributed by atoms with Crippen LogP contribution in [0.5, 0.6) is 0 Å². The van der Waals surface area contributed by atoms with Crippen molar-refractivity contribution in [2.45, 2.75) is 64.8 Å². The maximum atomic E-state index is 12.6. The minimum atomic E-state index is -3.42. The van der Waals surface area contributed by atoms with Crippen molar-refractivity contribution in [1.82, 2.24) is 4.72 Å². The van der Waals surface area contributed by atoms with Crippen LogP contribution in [0.4, 0.5) is 0 Å². The van der Waals surface area contributed by atoms with Crippen LogP contribution >= 0.6 is 0 Å². The number of rotatable bonds is 3. The van der Waals surface area contributed by atoms with Crippen LogP contribution in [0.25, 0.3) is 0 Å². The largest absolute Gasteiger partial charge is 0.240 e. The second-order valence-electron chi connectivity index (χ2n) is 7.48. The van der Waals surface area contributed by atoms with Gasteiger partial charge in [-0.1, -0.05) is 26.8 Å². The monoisotopic (exact) mass is 309 g/mol. The molecule has 0 saturated heterocycles. The minimum Gasteiger partial charge on any atom is -0.208 e. The maximum absolute atomic E-state index is 12.6. The molecule has 0 bridgehead atoms. The van der Waals surface area contributed by atoms with Crippen LogP contribution in [-0.2, 0) is 10.0 Å². The normalized spacial score (nSPS) is 25.8. The minimum absolute atomic E-state index is 0.0374. The van der Waals surface area contributed by atoms with Crippen molar-refractivity contribution in [3.8, 4) is 0 Å². The molecule has 1 N–H and O–H groups in total. The molecule has 1 fully saturated rings. The van der Waals surface area contributed by atoms with E-state index < -0.39 is 10.0 Å². The van der Waals surface area contributed by atoms with Crippen molar-refractivity contribution < 1.29 is 8.42 Å². The zero-order valence-electron chi connectivity index (χ0n) is 13.7. The highest BCUT2D eigenvalue weighted by Gasteiger charge is 2.34. The van der Waals surface area contributed by atoms with Crippen molar-refractivity contribution in [1.29, 1.82) is 0 Å². The van der Waals surface area contributed by atoms with Gasteiger partial charge in [0.25, 0.3) is 0 Å². The molecule has 0 heterocycles. The summed E-state index contributed by atoms with van der Waals surface area (Å²) in [6.45, 7) is 10.6. The molecule has 4 heteroatoms. The molecule has 2 atom stereocenters. The Labute approximate surface area is 129 Å². The smallest absolute Gasteiger partial charge is 0.208 e. The third-order valence-corrected chi connectivity index (χ3v) is 6.02. The van der Waals surface area contributed by atoms with Gasteiger partial charge in [0.15, 0.2) is 0 Å². The van der Waals surface area contributed by atoms with Crippen LogP contribution in [0.3, 0.4) is 0 Å². The second-order valence-corrected chi connectivity index (χ2v) is 9.19. The number of aryl methyl sites for hydroxylation is 2. The van der Waals surface area contributed by atoms with E-state index in [-0.39, 0.29) is 11.5 Å². The summed E-state index contributed by atoms with van der Waals surface area (Å²) in [6.07, 6.45) is 2.99. The summed E-state index contributed by atoms with van der Waals surface area (Å²) in [6, 6.07) is 5.37. The molecule has 0 aromatic heterocycles. The van der Waals surface area contributed by atoms with Crippen LogP contribution in [0, 0.1) is 25.2 Å². The zero-order chi connectivity index (χ0) is 15.8. The molecule has 1 aliphatic carbocycles. The van der Waals surface area contributed by atoms with Crippen LogP contribution in [0.2, 0.25) is 0 Å². The first-order valence-electron chi connectivity index (χ1n) is 7.69. The van der Waals surface area contributed by atoms with Gasteiger partial charge in [-0.05, 0) is 67.7 Å². The van der Waals surface area contributed by atoms with E-state index in [0.717, 1.165) is 30.4 Å². The van der Waals surface area contributed by atoms with Gasteiger partial charge in [0, 0.05) is 6.04 Å². The van der Waals surface area contributed by atoms with E-state index >= 15 is 0 Å². The summed E-state index contributed by atoms with van der Waals surface area (Å²) >= 11 is 0. The Hall–Kier alpha value is -0.870. The van der Waals surface area contributed by atoms with Crippen LogP contribution < -0.4 is 4.72 Å². The number of nitrogens with one attached hydrogen (secondary N) is 1. The van der Waals surface area contributed by atoms with Gasteiger partial charge in [-0.2, -0.15) is 0 Å². The fourth-order valence-corrected chi connectivity index (χ4v) is 4.94. The predicted molar refractivity (Wildman–Crippen MR) is 86.8 cm³/mol. The Morgan fingerprint density at radius 3 is 2.38 bits per heavy atom. The molecule has 0 spiro atoms. The molecule has 118 valence electrons. The van der Waals surface area contributed by atoms with Gasteiger partial charge >= 0.3 is 0 Å². The lowest BCUT2D eigenvalue weighted by atomic mass is 9.71. The van der Waals surface area contributed by atoms with E-state index in [2.05, 4.69) is 25.5 Å². The first-order chi connectivity index (χ1) is 9.59. The summed E-state index contributed by atoms with van der Waals surface area (Å²) in [4.78, 5) is 0.377. The molecule has 3 nitrogen and oxygen atoms in total. The summed E-state index contributed by atoms with van der Waals surface area (Å²) in [5.74, 6) is 0.557. The average molecular weight is 309 g/mol. The van der Waals surface area contributed by atoms with Crippen molar-refractivity contribution in [3.05, 3.63) is 29.3 Å². The summed E-state index contributed by atoms with van der Waals surface area (Å²) in [5, 5.41) is 0. The fourth-order valence-electron chi connectivity index (χ4n) is 3.60. The lowest BCUT2D eigenvalue weighted by Gasteiger charge is -2.39. The van der Waals surface area contributed by atoms with E-state index in [9.17, 15) is 8.42 Å². The van der Waals surface area contributed by atoms with Gasteiger partial charge in [0.05, 0.1) is 4.90 Å². The number of hydrogen-bond acceptors (Lipinski definition) is 2. The van der Waals surface area contributed by atoms with E-state index in [1.54, 1.807) is 12.1 Å². The van der Waals surface area contributed by atoms with E-state index in [4.69, 9.17) is 0 Å². The molecule has 0 amide bonds. The fraction of sp³-hybridized carbons (Fsp3) is 0.647. The van der Waals surface area contributed by atoms with E-state index in [0.29, 0.717) is 10.8 Å². The third kappa shape index (κ3) is 4.07. The molecule has 1 saturated carbocycles. The van der Waals surface area contributed by atoms with Gasteiger partial charge in [0.2, 0.25) is 10.0 Å². The summed E-state index contributed by atoms with van der Waals surface area (Å²) in [7, 11) is -3.42. The highest BCUT2D eigenvalue weighted by molar-refractivity contribution is 7.89. The molecule has 1 aromatic rings. The highest BCUT2D eigenvalue weighted by Crippen LogP contribution is 2.38. The van der Waals surface area contributed by atoms with Gasteiger partial charge in [0.1, 0.15) is 0 Å². The third-order valence-electron chi connectivity index (χ3n) is 4.50.